The number of aryl methyl sites for hydroxylation is 1. The van der Waals surface area contributed by atoms with Crippen LogP contribution in [0.25, 0.3) is 10.7 Å². The average molecular weight is 250 g/mol. The van der Waals surface area contributed by atoms with E-state index >= 15 is 0 Å². The van der Waals surface area contributed by atoms with Gasteiger partial charge in [0.1, 0.15) is 5.01 Å². The topological polar surface area (TPSA) is 42.7 Å². The fraction of sp³-hybridized carbons (Fsp3) is 0.500. The molecule has 0 aromatic carbocycles. The molecule has 0 saturated carbocycles. The minimum Gasteiger partial charge on any atom is -0.329 e. The number of nitrogens with zero attached hydrogens (tertiary/aromatic N) is 3. The molecule has 4 nitrogen and oxygen atoms in total. The van der Waals surface area contributed by atoms with Crippen molar-refractivity contribution in [2.45, 2.75) is 32.9 Å². The second kappa shape index (κ2) is 5.42. The van der Waals surface area contributed by atoms with Gasteiger partial charge in [0.2, 0.25) is 0 Å². The summed E-state index contributed by atoms with van der Waals surface area (Å²) >= 11 is 1.68. The third-order valence-corrected chi connectivity index (χ3v) is 3.68. The summed E-state index contributed by atoms with van der Waals surface area (Å²) in [5.41, 5.74) is 2.21. The van der Waals surface area contributed by atoms with Crippen LogP contribution in [0.2, 0.25) is 0 Å². The van der Waals surface area contributed by atoms with E-state index in [-0.39, 0.29) is 0 Å². The van der Waals surface area contributed by atoms with Crippen LogP contribution in [-0.4, -0.2) is 21.6 Å². The molecular formula is C12H18N4S. The Hall–Kier alpha value is -1.20. The highest BCUT2D eigenvalue weighted by molar-refractivity contribution is 7.13. The SMILES string of the molecule is CCCn1cncc1-c1nc(C(C)NC)cs1. The zero-order valence-corrected chi connectivity index (χ0v) is 11.3. The van der Waals surface area contributed by atoms with Crippen molar-refractivity contribution in [1.29, 1.82) is 0 Å². The van der Waals surface area contributed by atoms with E-state index in [1.807, 2.05) is 19.6 Å². The number of aromatic nitrogens is 3. The maximum Gasteiger partial charge on any atom is 0.141 e. The Bertz CT molecular complexity index is 474. The maximum atomic E-state index is 4.66. The van der Waals surface area contributed by atoms with E-state index in [1.54, 1.807) is 11.3 Å². The molecule has 1 atom stereocenters. The van der Waals surface area contributed by atoms with Gasteiger partial charge in [-0.3, -0.25) is 0 Å². The van der Waals surface area contributed by atoms with Crippen molar-refractivity contribution < 1.29 is 0 Å². The Morgan fingerprint density at radius 2 is 2.35 bits per heavy atom. The van der Waals surface area contributed by atoms with Crippen molar-refractivity contribution in [2.75, 3.05) is 7.05 Å². The van der Waals surface area contributed by atoms with Gasteiger partial charge < -0.3 is 9.88 Å². The van der Waals surface area contributed by atoms with Gasteiger partial charge in [0.25, 0.3) is 0 Å². The van der Waals surface area contributed by atoms with Crippen LogP contribution in [0.5, 0.6) is 0 Å². The second-order valence-electron chi connectivity index (χ2n) is 4.06. The number of thiazole rings is 1. The van der Waals surface area contributed by atoms with E-state index in [4.69, 9.17) is 0 Å². The Balaban J connectivity index is 2.27. The normalized spacial score (nSPS) is 12.9. The van der Waals surface area contributed by atoms with Crippen LogP contribution in [0.1, 0.15) is 32.0 Å². The fourth-order valence-electron chi connectivity index (χ4n) is 1.67. The van der Waals surface area contributed by atoms with Gasteiger partial charge in [0.05, 0.1) is 23.9 Å². The first-order valence-corrected chi connectivity index (χ1v) is 6.77. The number of rotatable bonds is 5. The highest BCUT2D eigenvalue weighted by Crippen LogP contribution is 2.26. The van der Waals surface area contributed by atoms with Crippen LogP contribution in [0.3, 0.4) is 0 Å². The summed E-state index contributed by atoms with van der Waals surface area (Å²) in [5, 5.41) is 6.36. The van der Waals surface area contributed by atoms with Crippen LogP contribution in [-0.2, 0) is 6.54 Å². The molecule has 2 heterocycles. The lowest BCUT2D eigenvalue weighted by molar-refractivity contribution is 0.636. The lowest BCUT2D eigenvalue weighted by Gasteiger charge is -2.05. The third-order valence-electron chi connectivity index (χ3n) is 2.79. The lowest BCUT2D eigenvalue weighted by Crippen LogP contribution is -2.12. The van der Waals surface area contributed by atoms with Crippen molar-refractivity contribution >= 4 is 11.3 Å². The molecule has 1 N–H and O–H groups in total. The molecule has 17 heavy (non-hydrogen) atoms. The first-order valence-electron chi connectivity index (χ1n) is 5.89. The van der Waals surface area contributed by atoms with Gasteiger partial charge in [0.15, 0.2) is 0 Å². The Morgan fingerprint density at radius 1 is 1.53 bits per heavy atom. The zero-order valence-electron chi connectivity index (χ0n) is 10.5. The summed E-state index contributed by atoms with van der Waals surface area (Å²) in [7, 11) is 1.95. The van der Waals surface area contributed by atoms with Crippen molar-refractivity contribution in [1.82, 2.24) is 19.9 Å². The van der Waals surface area contributed by atoms with Crippen LogP contribution in [0.15, 0.2) is 17.9 Å². The predicted octanol–water partition coefficient (Wildman–Crippen LogP) is 2.70. The smallest absolute Gasteiger partial charge is 0.141 e. The molecule has 0 saturated heterocycles. The summed E-state index contributed by atoms with van der Waals surface area (Å²) in [6, 6.07) is 0.294. The number of imidazole rings is 1. The lowest BCUT2D eigenvalue weighted by atomic mass is 10.3. The molecule has 92 valence electrons. The van der Waals surface area contributed by atoms with E-state index in [9.17, 15) is 0 Å². The van der Waals surface area contributed by atoms with Gasteiger partial charge in [0, 0.05) is 18.0 Å². The molecule has 0 bridgehead atoms. The van der Waals surface area contributed by atoms with Crippen molar-refractivity contribution in [3.63, 3.8) is 0 Å². The molecule has 2 aromatic heterocycles. The van der Waals surface area contributed by atoms with Gasteiger partial charge in [-0.2, -0.15) is 0 Å². The van der Waals surface area contributed by atoms with E-state index in [2.05, 4.69) is 39.1 Å². The molecule has 0 amide bonds. The van der Waals surface area contributed by atoms with Crippen LogP contribution >= 0.6 is 11.3 Å². The summed E-state index contributed by atoms with van der Waals surface area (Å²) < 4.78 is 2.16. The molecule has 2 aromatic rings. The summed E-state index contributed by atoms with van der Waals surface area (Å²) in [6.45, 7) is 5.27. The fourth-order valence-corrected chi connectivity index (χ4v) is 2.61. The molecule has 5 heteroatoms. The van der Waals surface area contributed by atoms with Gasteiger partial charge >= 0.3 is 0 Å². The Kier molecular flexibility index (Phi) is 3.91. The molecular weight excluding hydrogens is 232 g/mol. The van der Waals surface area contributed by atoms with Crippen molar-refractivity contribution in [2.24, 2.45) is 0 Å². The minimum absolute atomic E-state index is 0.294. The second-order valence-corrected chi connectivity index (χ2v) is 4.92. The van der Waals surface area contributed by atoms with Crippen LogP contribution < -0.4 is 5.32 Å². The van der Waals surface area contributed by atoms with E-state index in [0.29, 0.717) is 6.04 Å². The predicted molar refractivity (Wildman–Crippen MR) is 71.1 cm³/mol. The number of hydrogen-bond donors (Lipinski definition) is 1. The van der Waals surface area contributed by atoms with Crippen molar-refractivity contribution in [3.05, 3.63) is 23.6 Å². The van der Waals surface area contributed by atoms with Gasteiger partial charge in [-0.25, -0.2) is 9.97 Å². The quantitative estimate of drug-likeness (QED) is 0.887. The first-order chi connectivity index (χ1) is 8.26. The number of nitrogens with one attached hydrogen (secondary N) is 1. The van der Waals surface area contributed by atoms with Crippen molar-refractivity contribution in [3.8, 4) is 10.7 Å². The zero-order chi connectivity index (χ0) is 12.3. The molecule has 0 spiro atoms. The molecule has 0 aliphatic rings. The molecule has 0 radical (unpaired) electrons. The van der Waals surface area contributed by atoms with E-state index in [0.717, 1.165) is 29.4 Å². The van der Waals surface area contributed by atoms with E-state index in [1.165, 1.54) is 0 Å². The molecule has 0 fully saturated rings. The Labute approximate surface area is 106 Å². The minimum atomic E-state index is 0.294. The largest absolute Gasteiger partial charge is 0.329 e. The molecule has 2 rings (SSSR count). The number of hydrogen-bond acceptors (Lipinski definition) is 4. The summed E-state index contributed by atoms with van der Waals surface area (Å²) in [6.07, 6.45) is 4.87. The monoisotopic (exact) mass is 250 g/mol. The maximum absolute atomic E-state index is 4.66. The summed E-state index contributed by atoms with van der Waals surface area (Å²) in [4.78, 5) is 8.87. The first kappa shape index (κ1) is 12.3. The van der Waals surface area contributed by atoms with E-state index < -0.39 is 0 Å². The summed E-state index contributed by atoms with van der Waals surface area (Å²) in [5.74, 6) is 0. The van der Waals surface area contributed by atoms with Crippen LogP contribution in [0.4, 0.5) is 0 Å². The van der Waals surface area contributed by atoms with Gasteiger partial charge in [-0.1, -0.05) is 6.92 Å². The van der Waals surface area contributed by atoms with Gasteiger partial charge in [-0.05, 0) is 20.4 Å². The Morgan fingerprint density at radius 3 is 3.06 bits per heavy atom. The molecule has 0 aliphatic heterocycles. The standard InChI is InChI=1S/C12H18N4S/c1-4-5-16-8-14-6-11(16)12-15-10(7-17-12)9(2)13-3/h6-9,13H,4-5H2,1-3H3. The highest BCUT2D eigenvalue weighted by atomic mass is 32.1. The van der Waals surface area contributed by atoms with Gasteiger partial charge in [-0.15, -0.1) is 11.3 Å². The molecule has 0 aliphatic carbocycles. The van der Waals surface area contributed by atoms with Crippen LogP contribution in [0, 0.1) is 0 Å². The third kappa shape index (κ3) is 2.56. The molecule has 1 unspecified atom stereocenters. The highest BCUT2D eigenvalue weighted by Gasteiger charge is 2.12. The average Bonchev–Trinajstić information content (AvgIpc) is 2.96.